The van der Waals surface area contributed by atoms with Crippen LogP contribution in [0, 0.1) is 0 Å². The number of rotatable bonds is 24. The SMILES string of the molecule is CC(C)N1CCc2ccccc2C1=O.COCCOCCOc1ccc2c(c1)C(=O)N(C(C)C)C2.COCCOCCOc1ccc2c(c1)CN(C(C)C)C2=O.COCCOc1ccc2c(c1)C(=O)N(C(C)C)C2.COc1ccc2c(c1)C(=O)N(C(C)C)CC2. The Labute approximate surface area is 533 Å². The highest BCUT2D eigenvalue weighted by atomic mass is 16.5. The summed E-state index contributed by atoms with van der Waals surface area (Å²) in [5, 5.41) is 0. The molecule has 19 heteroatoms. The molecule has 5 aliphatic heterocycles. The summed E-state index contributed by atoms with van der Waals surface area (Å²) in [7, 11) is 6.54. The summed E-state index contributed by atoms with van der Waals surface area (Å²) in [4.78, 5) is 70.2. The molecule has 0 radical (unpaired) electrons. The van der Waals surface area contributed by atoms with Crippen LogP contribution in [0.25, 0.3) is 0 Å². The second-order valence-corrected chi connectivity index (χ2v) is 23.7. The predicted molar refractivity (Wildman–Crippen MR) is 347 cm³/mol. The summed E-state index contributed by atoms with van der Waals surface area (Å²) in [6.45, 7) is 29.4. The standard InChI is InChI=1S/2C16H23NO4.C14H19NO3.C13H17NO2.C12H15NO/c1-12(2)17-11-13-10-14(4-5-15(13)16(17)18)21-9-8-20-7-6-19-3;1-12(2)17-11-13-4-5-14(10-15(13)16(17)18)21-9-8-20-7-6-19-3;1-10(2)15-9-11-4-5-12(18-7-6-17-3)8-13(11)14(15)16;1-9(2)14-7-6-10-4-5-11(16-3)8-12(10)13(14)15;1-9(2)13-8-7-10-5-3-4-6-11(10)12(13)14/h2*4-5,10,12H,6-9,11H2,1-3H3;4-5,8,10H,6-7,9H2,1-3H3;4-5,8-9H,6-7H2,1-3H3;3-6,9H,7-8H2,1-2H3. The molecule has 0 saturated heterocycles. The number of nitrogens with zero attached hydrogens (tertiary/aromatic N) is 5. The average Bonchev–Trinajstić information content (AvgIpc) is 1.43. The molecule has 0 saturated carbocycles. The van der Waals surface area contributed by atoms with Gasteiger partial charge in [-0.25, -0.2) is 0 Å². The molecular formula is C71H97N5O14. The van der Waals surface area contributed by atoms with Crippen molar-refractivity contribution in [3.05, 3.63) is 153 Å². The van der Waals surface area contributed by atoms with E-state index in [-0.39, 0.29) is 53.7 Å². The Morgan fingerprint density at radius 2 is 0.644 bits per heavy atom. The van der Waals surface area contributed by atoms with Gasteiger partial charge < -0.3 is 67.1 Å². The minimum absolute atomic E-state index is 0.0850. The van der Waals surface area contributed by atoms with Crippen molar-refractivity contribution in [3.8, 4) is 23.0 Å². The van der Waals surface area contributed by atoms with Gasteiger partial charge in [0, 0.05) is 112 Å². The van der Waals surface area contributed by atoms with Gasteiger partial charge in [-0.1, -0.05) is 36.4 Å². The molecule has 0 bridgehead atoms. The van der Waals surface area contributed by atoms with Gasteiger partial charge in [0.1, 0.15) is 42.8 Å². The molecule has 0 atom stereocenters. The minimum Gasteiger partial charge on any atom is -0.497 e. The van der Waals surface area contributed by atoms with E-state index in [2.05, 4.69) is 13.8 Å². The summed E-state index contributed by atoms with van der Waals surface area (Å²) in [6.07, 6.45) is 1.92. The lowest BCUT2D eigenvalue weighted by Gasteiger charge is -2.31. The molecule has 490 valence electrons. The van der Waals surface area contributed by atoms with Crippen molar-refractivity contribution in [2.45, 2.75) is 132 Å². The zero-order valence-electron chi connectivity index (χ0n) is 55.6. The zero-order chi connectivity index (χ0) is 65.4. The number of ether oxygens (including phenoxy) is 9. The van der Waals surface area contributed by atoms with Crippen LogP contribution in [0.5, 0.6) is 23.0 Å². The second kappa shape index (κ2) is 35.7. The summed E-state index contributed by atoms with van der Waals surface area (Å²) < 4.78 is 47.3. The predicted octanol–water partition coefficient (Wildman–Crippen LogP) is 10.5. The van der Waals surface area contributed by atoms with E-state index in [0.717, 1.165) is 93.3 Å². The molecule has 5 aromatic carbocycles. The largest absolute Gasteiger partial charge is 0.497 e. The molecule has 0 fully saturated rings. The van der Waals surface area contributed by atoms with Crippen molar-refractivity contribution in [3.63, 3.8) is 0 Å². The van der Waals surface area contributed by atoms with E-state index in [1.54, 1.807) is 28.4 Å². The Bertz CT molecular complexity index is 3140. The van der Waals surface area contributed by atoms with Gasteiger partial charge in [0.2, 0.25) is 0 Å². The molecule has 5 heterocycles. The number of hydrogen-bond acceptors (Lipinski definition) is 14. The Balaban J connectivity index is 0.000000180. The third-order valence-electron chi connectivity index (χ3n) is 15.8. The van der Waals surface area contributed by atoms with Gasteiger partial charge in [-0.15, -0.1) is 0 Å². The zero-order valence-corrected chi connectivity index (χ0v) is 55.6. The molecule has 19 nitrogen and oxygen atoms in total. The Kier molecular flexibility index (Phi) is 28.4. The van der Waals surface area contributed by atoms with Crippen LogP contribution in [0.4, 0.5) is 0 Å². The molecule has 0 aliphatic carbocycles. The van der Waals surface area contributed by atoms with Gasteiger partial charge in [-0.3, -0.25) is 24.0 Å². The molecule has 0 unspecified atom stereocenters. The molecule has 0 spiro atoms. The van der Waals surface area contributed by atoms with Gasteiger partial charge in [0.15, 0.2) is 0 Å². The Morgan fingerprint density at radius 1 is 0.322 bits per heavy atom. The highest BCUT2D eigenvalue weighted by molar-refractivity contribution is 6.01. The number of fused-ring (bicyclic) bond motifs is 5. The molecule has 5 amide bonds. The van der Waals surface area contributed by atoms with Crippen molar-refractivity contribution in [1.29, 1.82) is 0 Å². The number of carbonyl (C=O) groups is 5. The summed E-state index contributed by atoms with van der Waals surface area (Å²) >= 11 is 0. The fourth-order valence-corrected chi connectivity index (χ4v) is 10.6. The first-order valence-electron chi connectivity index (χ1n) is 31.4. The first-order valence-corrected chi connectivity index (χ1v) is 31.4. The number of amides is 5. The minimum atomic E-state index is 0.0850. The second-order valence-electron chi connectivity index (χ2n) is 23.7. The topological polar surface area (TPSA) is 185 Å². The molecular weight excluding hydrogens is 1150 g/mol. The molecule has 0 aromatic heterocycles. The lowest BCUT2D eigenvalue weighted by atomic mass is 9.98. The third kappa shape index (κ3) is 19.7. The summed E-state index contributed by atoms with van der Waals surface area (Å²) in [5.74, 6) is 3.55. The highest BCUT2D eigenvalue weighted by Crippen LogP contribution is 2.32. The number of hydrogen-bond donors (Lipinski definition) is 0. The van der Waals surface area contributed by atoms with Crippen molar-refractivity contribution >= 4 is 29.5 Å². The quantitative estimate of drug-likeness (QED) is 0.0532. The maximum absolute atomic E-state index is 12.3. The lowest BCUT2D eigenvalue weighted by molar-refractivity contribution is 0.0544. The van der Waals surface area contributed by atoms with Crippen LogP contribution in [0.3, 0.4) is 0 Å². The van der Waals surface area contributed by atoms with Gasteiger partial charge in [0.05, 0.1) is 53.4 Å². The summed E-state index contributed by atoms with van der Waals surface area (Å²) in [5.41, 5.74) is 9.47. The van der Waals surface area contributed by atoms with E-state index in [1.165, 1.54) is 5.56 Å². The van der Waals surface area contributed by atoms with Crippen LogP contribution in [0.2, 0.25) is 0 Å². The van der Waals surface area contributed by atoms with Gasteiger partial charge in [-0.05, 0) is 171 Å². The first-order chi connectivity index (χ1) is 43.2. The van der Waals surface area contributed by atoms with Gasteiger partial charge in [0.25, 0.3) is 29.5 Å². The maximum atomic E-state index is 12.3. The van der Waals surface area contributed by atoms with E-state index in [1.807, 2.05) is 177 Å². The van der Waals surface area contributed by atoms with E-state index in [4.69, 9.17) is 42.6 Å². The fraction of sp³-hybridized carbons (Fsp3) is 0.507. The third-order valence-corrected chi connectivity index (χ3v) is 15.8. The molecule has 0 N–H and O–H groups in total. The molecule has 5 aromatic rings. The van der Waals surface area contributed by atoms with Crippen LogP contribution < -0.4 is 18.9 Å². The van der Waals surface area contributed by atoms with Crippen molar-refractivity contribution in [1.82, 2.24) is 24.5 Å². The van der Waals surface area contributed by atoms with E-state index in [0.29, 0.717) is 97.5 Å². The van der Waals surface area contributed by atoms with E-state index in [9.17, 15) is 24.0 Å². The lowest BCUT2D eigenvalue weighted by Crippen LogP contribution is -2.42. The van der Waals surface area contributed by atoms with Crippen LogP contribution in [-0.2, 0) is 56.2 Å². The number of benzene rings is 5. The average molecular weight is 1240 g/mol. The molecule has 5 aliphatic rings. The van der Waals surface area contributed by atoms with Crippen molar-refractivity contribution in [2.75, 3.05) is 108 Å². The van der Waals surface area contributed by atoms with Crippen LogP contribution >= 0.6 is 0 Å². The van der Waals surface area contributed by atoms with Crippen LogP contribution in [-0.4, -0.2) is 192 Å². The first kappa shape index (κ1) is 71.5. The molecule has 10 rings (SSSR count). The van der Waals surface area contributed by atoms with Crippen molar-refractivity contribution < 1.29 is 66.6 Å². The monoisotopic (exact) mass is 1240 g/mol. The fourth-order valence-electron chi connectivity index (χ4n) is 10.6. The number of carbonyl (C=O) groups excluding carboxylic acids is 5. The highest BCUT2D eigenvalue weighted by Gasteiger charge is 2.33. The Morgan fingerprint density at radius 3 is 1.11 bits per heavy atom. The van der Waals surface area contributed by atoms with Crippen LogP contribution in [0.1, 0.15) is 149 Å². The van der Waals surface area contributed by atoms with Gasteiger partial charge in [-0.2, -0.15) is 0 Å². The Hall–Kier alpha value is -7.55. The van der Waals surface area contributed by atoms with Gasteiger partial charge >= 0.3 is 0 Å². The van der Waals surface area contributed by atoms with Crippen molar-refractivity contribution in [2.24, 2.45) is 0 Å². The number of methoxy groups -OCH3 is 4. The normalized spacial score (nSPS) is 14.5. The maximum Gasteiger partial charge on any atom is 0.254 e. The summed E-state index contributed by atoms with van der Waals surface area (Å²) in [6, 6.07) is 31.9. The smallest absolute Gasteiger partial charge is 0.254 e. The van der Waals surface area contributed by atoms with Crippen LogP contribution in [0.15, 0.2) is 97.1 Å². The van der Waals surface area contributed by atoms with E-state index < -0.39 is 0 Å². The van der Waals surface area contributed by atoms with E-state index >= 15 is 0 Å². The molecule has 90 heavy (non-hydrogen) atoms.